The lowest BCUT2D eigenvalue weighted by Crippen LogP contribution is -2.66. The van der Waals surface area contributed by atoms with Crippen LogP contribution in [0, 0.1) is 34.5 Å². The van der Waals surface area contributed by atoms with Crippen molar-refractivity contribution in [3.63, 3.8) is 0 Å². The van der Waals surface area contributed by atoms with E-state index in [1.165, 1.54) is 103 Å². The Bertz CT molecular complexity index is 1000. The number of piperidine rings is 2. The Morgan fingerprint density at radius 3 is 1.85 bits per heavy atom. The van der Waals surface area contributed by atoms with Crippen LogP contribution in [-0.4, -0.2) is 85.5 Å². The van der Waals surface area contributed by atoms with Gasteiger partial charge in [-0.2, -0.15) is 0 Å². The van der Waals surface area contributed by atoms with Crippen molar-refractivity contribution in [3.05, 3.63) is 0 Å². The molecule has 6 heteroatoms. The normalized spacial score (nSPS) is 46.9. The first-order valence-corrected chi connectivity index (χ1v) is 17.4. The fourth-order valence-corrected chi connectivity index (χ4v) is 12.3. The Morgan fingerprint density at radius 2 is 1.27 bits per heavy atom. The molecule has 0 amide bonds. The minimum atomic E-state index is -0.0998. The quantitative estimate of drug-likeness (QED) is 0.301. The van der Waals surface area contributed by atoms with Crippen LogP contribution < -0.4 is 0 Å². The molecule has 0 spiro atoms. The van der Waals surface area contributed by atoms with Gasteiger partial charge in [-0.05, 0) is 99.7 Å². The highest BCUT2D eigenvalue weighted by Crippen LogP contribution is 2.68. The third-order valence-corrected chi connectivity index (χ3v) is 14.5. The number of ether oxygens (including phenoxy) is 2. The van der Waals surface area contributed by atoms with Crippen LogP contribution in [0.2, 0.25) is 0 Å². The SMILES string of the molecule is CC(=O)O[C@H]1C[C@@H]2CC[C@@H]3[C@@H](CC[C@]4(C)[C@@H]3C[C@@H]([N+]3(C)CCCCC3)[C@H]4OC(C)=O)[C@@]2(C)C[C@H]1[N+]1(C)CCCCC1. The van der Waals surface area contributed by atoms with Crippen LogP contribution in [-0.2, 0) is 19.1 Å². The highest BCUT2D eigenvalue weighted by atomic mass is 16.5. The molecule has 0 N–H and O–H groups in total. The molecule has 4 saturated carbocycles. The van der Waals surface area contributed by atoms with E-state index in [-0.39, 0.29) is 29.6 Å². The number of carbonyl (C=O) groups is 2. The van der Waals surface area contributed by atoms with E-state index in [4.69, 9.17) is 9.47 Å². The monoisotopic (exact) mass is 572 g/mol. The number of likely N-dealkylation sites (tertiary alicyclic amines) is 2. The average molecular weight is 573 g/mol. The van der Waals surface area contributed by atoms with Crippen LogP contribution >= 0.6 is 0 Å². The molecule has 6 rings (SSSR count). The van der Waals surface area contributed by atoms with E-state index < -0.39 is 0 Å². The van der Waals surface area contributed by atoms with E-state index in [9.17, 15) is 9.59 Å². The number of esters is 2. The zero-order valence-corrected chi connectivity index (χ0v) is 27.2. The highest BCUT2D eigenvalue weighted by molar-refractivity contribution is 5.66. The van der Waals surface area contributed by atoms with E-state index in [1.807, 2.05) is 0 Å². The van der Waals surface area contributed by atoms with Crippen LogP contribution in [0.3, 0.4) is 0 Å². The largest absolute Gasteiger partial charge is 0.456 e. The minimum Gasteiger partial charge on any atom is -0.456 e. The summed E-state index contributed by atoms with van der Waals surface area (Å²) in [6.07, 6.45) is 16.4. The maximum Gasteiger partial charge on any atom is 0.303 e. The summed E-state index contributed by atoms with van der Waals surface area (Å²) in [6.45, 7) is 13.3. The van der Waals surface area contributed by atoms with Gasteiger partial charge in [0.1, 0.15) is 12.1 Å². The molecule has 0 aromatic carbocycles. The fraction of sp³-hybridized carbons (Fsp3) is 0.943. The molecule has 0 unspecified atom stereocenters. The van der Waals surface area contributed by atoms with Gasteiger partial charge < -0.3 is 18.4 Å². The number of hydrogen-bond donors (Lipinski definition) is 0. The van der Waals surface area contributed by atoms with Crippen LogP contribution in [0.25, 0.3) is 0 Å². The van der Waals surface area contributed by atoms with E-state index in [0.29, 0.717) is 35.3 Å². The summed E-state index contributed by atoms with van der Waals surface area (Å²) < 4.78 is 14.7. The summed E-state index contributed by atoms with van der Waals surface area (Å²) in [6, 6.07) is 0.846. The first-order chi connectivity index (χ1) is 19.4. The van der Waals surface area contributed by atoms with Gasteiger partial charge in [0.15, 0.2) is 12.2 Å². The van der Waals surface area contributed by atoms with Gasteiger partial charge >= 0.3 is 11.9 Å². The number of carbonyl (C=O) groups excluding carboxylic acids is 2. The van der Waals surface area contributed by atoms with Crippen molar-refractivity contribution >= 4 is 11.9 Å². The van der Waals surface area contributed by atoms with Crippen LogP contribution in [0.5, 0.6) is 0 Å². The molecule has 6 nitrogen and oxygen atoms in total. The van der Waals surface area contributed by atoms with Gasteiger partial charge in [0, 0.05) is 32.1 Å². The van der Waals surface area contributed by atoms with Crippen molar-refractivity contribution < 1.29 is 28.0 Å². The van der Waals surface area contributed by atoms with Crippen molar-refractivity contribution in [2.45, 2.75) is 135 Å². The summed E-state index contributed by atoms with van der Waals surface area (Å²) >= 11 is 0. The van der Waals surface area contributed by atoms with Crippen molar-refractivity contribution in [2.24, 2.45) is 34.5 Å². The molecular formula is C35H60N2O4+2. The third-order valence-electron chi connectivity index (χ3n) is 14.5. The predicted octanol–water partition coefficient (Wildman–Crippen LogP) is 6.11. The van der Waals surface area contributed by atoms with Gasteiger partial charge in [-0.25, -0.2) is 0 Å². The molecular weight excluding hydrogens is 512 g/mol. The molecule has 2 saturated heterocycles. The smallest absolute Gasteiger partial charge is 0.303 e. The van der Waals surface area contributed by atoms with Crippen molar-refractivity contribution in [3.8, 4) is 0 Å². The lowest BCUT2D eigenvalue weighted by Gasteiger charge is -2.63. The highest BCUT2D eigenvalue weighted by Gasteiger charge is 2.68. The molecule has 10 atom stereocenters. The molecule has 2 aliphatic heterocycles. The summed E-state index contributed by atoms with van der Waals surface area (Å²) in [5, 5.41) is 0. The molecule has 2 heterocycles. The predicted molar refractivity (Wildman–Crippen MR) is 161 cm³/mol. The first-order valence-electron chi connectivity index (χ1n) is 17.4. The first kappa shape index (κ1) is 29.9. The lowest BCUT2D eigenvalue weighted by atomic mass is 9.44. The van der Waals surface area contributed by atoms with Gasteiger partial charge in [-0.15, -0.1) is 0 Å². The molecule has 0 radical (unpaired) electrons. The summed E-state index contributed by atoms with van der Waals surface area (Å²) in [5.74, 6) is 2.52. The zero-order chi connectivity index (χ0) is 29.2. The number of likely N-dealkylation sites (N-methyl/N-ethyl adjacent to an activating group) is 2. The molecule has 41 heavy (non-hydrogen) atoms. The maximum atomic E-state index is 12.5. The number of hydrogen-bond acceptors (Lipinski definition) is 4. The summed E-state index contributed by atoms with van der Waals surface area (Å²) in [4.78, 5) is 24.8. The van der Waals surface area contributed by atoms with Crippen molar-refractivity contribution in [1.29, 1.82) is 0 Å². The minimum absolute atomic E-state index is 0.0462. The molecule has 0 aromatic heterocycles. The second-order valence-corrected chi connectivity index (χ2v) is 16.7. The second-order valence-electron chi connectivity index (χ2n) is 16.7. The third kappa shape index (κ3) is 4.99. The molecule has 232 valence electrons. The number of nitrogens with zero attached hydrogens (tertiary/aromatic N) is 2. The molecule has 0 bridgehead atoms. The Hall–Kier alpha value is -1.14. The Labute approximate surface area is 250 Å². The molecule has 6 aliphatic rings. The lowest BCUT2D eigenvalue weighted by molar-refractivity contribution is -0.943. The van der Waals surface area contributed by atoms with E-state index in [0.717, 1.165) is 21.3 Å². The zero-order valence-electron chi connectivity index (χ0n) is 27.2. The average Bonchev–Trinajstić information content (AvgIpc) is 3.21. The second kappa shape index (κ2) is 10.8. The van der Waals surface area contributed by atoms with Crippen LogP contribution in [0.4, 0.5) is 0 Å². The van der Waals surface area contributed by atoms with E-state index in [2.05, 4.69) is 27.9 Å². The molecule has 4 aliphatic carbocycles. The van der Waals surface area contributed by atoms with Gasteiger partial charge in [-0.3, -0.25) is 9.59 Å². The fourth-order valence-electron chi connectivity index (χ4n) is 12.3. The Morgan fingerprint density at radius 1 is 0.683 bits per heavy atom. The number of quaternary nitrogens is 2. The topological polar surface area (TPSA) is 52.6 Å². The van der Waals surface area contributed by atoms with Gasteiger partial charge in [0.05, 0.1) is 40.3 Å². The van der Waals surface area contributed by atoms with Crippen molar-refractivity contribution in [1.82, 2.24) is 0 Å². The van der Waals surface area contributed by atoms with E-state index >= 15 is 0 Å². The molecule has 6 fully saturated rings. The van der Waals surface area contributed by atoms with Gasteiger partial charge in [0.25, 0.3) is 0 Å². The van der Waals surface area contributed by atoms with Crippen LogP contribution in [0.1, 0.15) is 111 Å². The van der Waals surface area contributed by atoms with Crippen LogP contribution in [0.15, 0.2) is 0 Å². The maximum absolute atomic E-state index is 12.5. The van der Waals surface area contributed by atoms with Gasteiger partial charge in [0.2, 0.25) is 0 Å². The van der Waals surface area contributed by atoms with Crippen molar-refractivity contribution in [2.75, 3.05) is 40.3 Å². The summed E-state index contributed by atoms with van der Waals surface area (Å²) in [7, 11) is 4.94. The molecule has 0 aromatic rings. The Balaban J connectivity index is 1.31. The van der Waals surface area contributed by atoms with Gasteiger partial charge in [-0.1, -0.05) is 13.8 Å². The Kier molecular flexibility index (Phi) is 7.87. The standard InChI is InChI=1S/C35H60N2O4/c1-24(38)40-32-21-26-13-14-27-28(35(26,4)23-31(32)37(6)19-11-8-12-20-37)15-16-34(3)29(27)22-30(33(34)41-25(2)39)36(5)17-9-7-10-18-36/h26-33H,7-23H2,1-6H3/q+2/t26-,27+,28+,29+,30+,31+,32-,33+,34+,35-/m0/s1. The number of fused-ring (bicyclic) bond motifs is 5. The summed E-state index contributed by atoms with van der Waals surface area (Å²) in [5.41, 5.74) is 0.377. The van der Waals surface area contributed by atoms with E-state index in [1.54, 1.807) is 13.8 Å². The number of rotatable bonds is 4.